The fourth-order valence-electron chi connectivity index (χ4n) is 3.66. The number of nitrogens with zero attached hydrogens (tertiary/aromatic N) is 2. The lowest BCUT2D eigenvalue weighted by Crippen LogP contribution is -2.29. The van der Waals surface area contributed by atoms with E-state index in [4.69, 9.17) is 0 Å². The summed E-state index contributed by atoms with van der Waals surface area (Å²) >= 11 is 0. The number of fused-ring (bicyclic) bond motifs is 3. The van der Waals surface area contributed by atoms with Crippen molar-refractivity contribution in [2.24, 2.45) is 5.92 Å². The van der Waals surface area contributed by atoms with Gasteiger partial charge in [-0.25, -0.2) is 0 Å². The Morgan fingerprint density at radius 3 is 3.00 bits per heavy atom. The van der Waals surface area contributed by atoms with Crippen LogP contribution >= 0.6 is 0 Å². The first-order valence-corrected chi connectivity index (χ1v) is 7.49. The summed E-state index contributed by atoms with van der Waals surface area (Å²) in [7, 11) is 0. The van der Waals surface area contributed by atoms with Gasteiger partial charge >= 0.3 is 0 Å². The van der Waals surface area contributed by atoms with Crippen molar-refractivity contribution in [2.75, 3.05) is 5.32 Å². The van der Waals surface area contributed by atoms with Gasteiger partial charge in [0.2, 0.25) is 0 Å². The second-order valence-corrected chi connectivity index (χ2v) is 5.95. The number of aromatic nitrogens is 1. The van der Waals surface area contributed by atoms with Crippen molar-refractivity contribution in [3.8, 4) is 5.75 Å². The lowest BCUT2D eigenvalue weighted by atomic mass is 9.77. The molecule has 0 saturated carbocycles. The number of phenols is 1. The molecule has 6 heteroatoms. The molecule has 3 atom stereocenters. The Bertz CT molecular complexity index is 804. The molecule has 6 nitrogen and oxygen atoms in total. The molecule has 116 valence electrons. The van der Waals surface area contributed by atoms with E-state index >= 15 is 0 Å². The number of aromatic hydroxyl groups is 1. The van der Waals surface area contributed by atoms with Crippen LogP contribution in [0.25, 0.3) is 0 Å². The van der Waals surface area contributed by atoms with Crippen LogP contribution in [0.4, 0.5) is 11.4 Å². The highest BCUT2D eigenvalue weighted by molar-refractivity contribution is 5.70. The van der Waals surface area contributed by atoms with Gasteiger partial charge in [-0.05, 0) is 29.5 Å². The predicted molar refractivity (Wildman–Crippen MR) is 85.3 cm³/mol. The van der Waals surface area contributed by atoms with Crippen LogP contribution in [-0.2, 0) is 0 Å². The van der Waals surface area contributed by atoms with Crippen LogP contribution in [0.15, 0.2) is 48.8 Å². The second kappa shape index (κ2) is 5.08. The van der Waals surface area contributed by atoms with Crippen LogP contribution in [0.2, 0.25) is 0 Å². The van der Waals surface area contributed by atoms with Crippen molar-refractivity contribution in [3.63, 3.8) is 0 Å². The number of nitro groups is 1. The lowest BCUT2D eigenvalue weighted by Gasteiger charge is -2.37. The molecule has 23 heavy (non-hydrogen) atoms. The first kappa shape index (κ1) is 13.8. The van der Waals surface area contributed by atoms with Crippen LogP contribution in [0.1, 0.15) is 29.5 Å². The number of pyridine rings is 1. The van der Waals surface area contributed by atoms with E-state index in [2.05, 4.69) is 22.5 Å². The molecule has 2 aliphatic rings. The van der Waals surface area contributed by atoms with Gasteiger partial charge < -0.3 is 10.4 Å². The van der Waals surface area contributed by atoms with Crippen LogP contribution in [0.3, 0.4) is 0 Å². The molecule has 0 spiro atoms. The molecule has 0 amide bonds. The summed E-state index contributed by atoms with van der Waals surface area (Å²) in [6.45, 7) is 0. The van der Waals surface area contributed by atoms with Crippen molar-refractivity contribution >= 4 is 11.4 Å². The normalized spacial score (nSPS) is 24.6. The topological polar surface area (TPSA) is 88.3 Å². The molecule has 0 bridgehead atoms. The van der Waals surface area contributed by atoms with Crippen LogP contribution in [-0.4, -0.2) is 15.0 Å². The minimum atomic E-state index is -0.471. The van der Waals surface area contributed by atoms with Crippen molar-refractivity contribution in [1.82, 2.24) is 4.98 Å². The summed E-state index contributed by atoms with van der Waals surface area (Å²) in [6.07, 6.45) is 8.62. The molecule has 4 rings (SSSR count). The van der Waals surface area contributed by atoms with E-state index < -0.39 is 4.92 Å². The first-order chi connectivity index (χ1) is 11.1. The number of non-ortho nitro benzene ring substituents is 1. The van der Waals surface area contributed by atoms with E-state index in [-0.39, 0.29) is 29.3 Å². The monoisotopic (exact) mass is 309 g/mol. The molecule has 1 aliphatic heterocycles. The largest absolute Gasteiger partial charge is 0.506 e. The minimum absolute atomic E-state index is 0.0172. The molecular formula is C17H15N3O3. The number of anilines is 1. The highest BCUT2D eigenvalue weighted by Gasteiger charge is 2.40. The van der Waals surface area contributed by atoms with Gasteiger partial charge in [-0.2, -0.15) is 0 Å². The van der Waals surface area contributed by atoms with Crippen molar-refractivity contribution in [2.45, 2.75) is 18.4 Å². The van der Waals surface area contributed by atoms with Gasteiger partial charge in [0.05, 0.1) is 22.7 Å². The maximum atomic E-state index is 11.1. The third-order valence-electron chi connectivity index (χ3n) is 4.69. The Labute approximate surface area is 132 Å². The van der Waals surface area contributed by atoms with Crippen molar-refractivity contribution in [3.05, 3.63) is 70.1 Å². The van der Waals surface area contributed by atoms with E-state index in [1.54, 1.807) is 12.3 Å². The fourth-order valence-corrected chi connectivity index (χ4v) is 3.66. The number of benzene rings is 1. The van der Waals surface area contributed by atoms with E-state index in [0.717, 1.165) is 17.5 Å². The summed E-state index contributed by atoms with van der Waals surface area (Å²) in [4.78, 5) is 14.8. The average Bonchev–Trinajstić information content (AvgIpc) is 3.04. The molecule has 1 aliphatic carbocycles. The van der Waals surface area contributed by atoms with Crippen molar-refractivity contribution < 1.29 is 10.0 Å². The molecule has 0 saturated heterocycles. The van der Waals surface area contributed by atoms with E-state index in [1.807, 2.05) is 18.3 Å². The Morgan fingerprint density at radius 2 is 2.26 bits per heavy atom. The van der Waals surface area contributed by atoms with Gasteiger partial charge in [0.15, 0.2) is 0 Å². The molecule has 2 aromatic rings. The Hall–Kier alpha value is -2.89. The predicted octanol–water partition coefficient (Wildman–Crippen LogP) is 3.52. The molecule has 3 unspecified atom stereocenters. The highest BCUT2D eigenvalue weighted by Crippen LogP contribution is 2.52. The first-order valence-electron chi connectivity index (χ1n) is 7.49. The Kier molecular flexibility index (Phi) is 3.04. The summed E-state index contributed by atoms with van der Waals surface area (Å²) < 4.78 is 0. The maximum absolute atomic E-state index is 11.1. The quantitative estimate of drug-likeness (QED) is 0.383. The van der Waals surface area contributed by atoms with E-state index in [0.29, 0.717) is 5.69 Å². The molecule has 2 heterocycles. The summed E-state index contributed by atoms with van der Waals surface area (Å²) in [5.74, 6) is 0.234. The Balaban J connectivity index is 1.84. The highest BCUT2D eigenvalue weighted by atomic mass is 16.6. The third-order valence-corrected chi connectivity index (χ3v) is 4.69. The zero-order chi connectivity index (χ0) is 16.0. The van der Waals surface area contributed by atoms with Gasteiger partial charge in [-0.3, -0.25) is 15.1 Å². The van der Waals surface area contributed by atoms with Crippen LogP contribution < -0.4 is 5.32 Å². The number of allylic oxidation sites excluding steroid dienone is 2. The SMILES string of the molecule is O=[N+]([O-])c1cc(O)c2c(c1)C1C=CCC1C(c1cccnc1)N2. The van der Waals surface area contributed by atoms with Crippen molar-refractivity contribution in [1.29, 1.82) is 0 Å². The number of nitro benzene ring substituents is 1. The molecular weight excluding hydrogens is 294 g/mol. The van der Waals surface area contributed by atoms with Crippen LogP contribution in [0, 0.1) is 16.0 Å². The van der Waals surface area contributed by atoms with Crippen LogP contribution in [0.5, 0.6) is 5.75 Å². The van der Waals surface area contributed by atoms with Gasteiger partial charge in [-0.1, -0.05) is 18.2 Å². The molecule has 1 aromatic carbocycles. The minimum Gasteiger partial charge on any atom is -0.506 e. The van der Waals surface area contributed by atoms with Gasteiger partial charge in [0, 0.05) is 24.4 Å². The molecule has 1 aromatic heterocycles. The number of hydrogen-bond acceptors (Lipinski definition) is 5. The van der Waals surface area contributed by atoms with E-state index in [1.165, 1.54) is 6.07 Å². The molecule has 0 fully saturated rings. The number of nitrogens with one attached hydrogen (secondary N) is 1. The zero-order valence-corrected chi connectivity index (χ0v) is 12.2. The molecule has 2 N–H and O–H groups in total. The number of hydrogen-bond donors (Lipinski definition) is 2. The smallest absolute Gasteiger partial charge is 0.273 e. The lowest BCUT2D eigenvalue weighted by molar-refractivity contribution is -0.385. The Morgan fingerprint density at radius 1 is 1.39 bits per heavy atom. The number of phenolic OH excluding ortho intramolecular Hbond substituents is 1. The van der Waals surface area contributed by atoms with Gasteiger partial charge in [-0.15, -0.1) is 0 Å². The summed E-state index contributed by atoms with van der Waals surface area (Å²) in [5.41, 5.74) is 2.34. The molecule has 0 radical (unpaired) electrons. The summed E-state index contributed by atoms with van der Waals surface area (Å²) in [5, 5.41) is 24.7. The standard InChI is InChI=1S/C17H15N3O3/c21-15-8-11(20(22)23)7-14-12-4-1-5-13(12)16(19-17(14)15)10-3-2-6-18-9-10/h1-4,6-9,12-13,16,19,21H,5H2. The van der Waals surface area contributed by atoms with E-state index in [9.17, 15) is 15.2 Å². The zero-order valence-electron chi connectivity index (χ0n) is 12.2. The maximum Gasteiger partial charge on any atom is 0.273 e. The average molecular weight is 309 g/mol. The fraction of sp³-hybridized carbons (Fsp3) is 0.235. The van der Waals surface area contributed by atoms with Gasteiger partial charge in [0.1, 0.15) is 5.75 Å². The third kappa shape index (κ3) is 2.14. The van der Waals surface area contributed by atoms with Gasteiger partial charge in [0.25, 0.3) is 5.69 Å². The second-order valence-electron chi connectivity index (χ2n) is 5.95. The summed E-state index contributed by atoms with van der Waals surface area (Å²) in [6, 6.07) is 6.68. The number of rotatable bonds is 2.